The van der Waals surface area contributed by atoms with Crippen LogP contribution in [0.4, 0.5) is 0 Å². The quantitative estimate of drug-likeness (QED) is 0.286. The van der Waals surface area contributed by atoms with Crippen LogP contribution < -0.4 is 10.6 Å². The average molecular weight is 418 g/mol. The van der Waals surface area contributed by atoms with Crippen molar-refractivity contribution in [1.29, 1.82) is 0 Å². The molecule has 5 heteroatoms. The summed E-state index contributed by atoms with van der Waals surface area (Å²) in [6.45, 7) is 5.81. The Morgan fingerprint density at radius 3 is 1.60 bits per heavy atom. The second-order valence-electron chi connectivity index (χ2n) is 8.19. The molecular formula is C25H43N3O2. The lowest BCUT2D eigenvalue weighted by molar-refractivity contribution is 0.0937. The zero-order chi connectivity index (χ0) is 21.9. The Bertz CT molecular complexity index is 521. The molecule has 30 heavy (non-hydrogen) atoms. The van der Waals surface area contributed by atoms with Crippen molar-refractivity contribution in [2.45, 2.75) is 104 Å². The second-order valence-corrected chi connectivity index (χ2v) is 8.19. The Balaban J connectivity index is 2.16. The minimum Gasteiger partial charge on any atom is -0.352 e. The first-order valence-corrected chi connectivity index (χ1v) is 12.2. The highest BCUT2D eigenvalue weighted by molar-refractivity contribution is 5.96. The van der Waals surface area contributed by atoms with E-state index in [0.29, 0.717) is 24.3 Å². The van der Waals surface area contributed by atoms with Crippen molar-refractivity contribution in [3.8, 4) is 0 Å². The largest absolute Gasteiger partial charge is 0.352 e. The van der Waals surface area contributed by atoms with Gasteiger partial charge in [0.15, 0.2) is 0 Å². The maximum Gasteiger partial charge on any atom is 0.269 e. The molecular weight excluding hydrogens is 374 g/mol. The van der Waals surface area contributed by atoms with Crippen LogP contribution in [0, 0.1) is 0 Å². The molecule has 0 aliphatic heterocycles. The minimum atomic E-state index is -0.170. The number of amides is 2. The maximum absolute atomic E-state index is 12.2. The van der Waals surface area contributed by atoms with E-state index in [1.165, 1.54) is 70.4 Å². The lowest BCUT2D eigenvalue weighted by Crippen LogP contribution is -2.27. The van der Waals surface area contributed by atoms with Crippen LogP contribution in [-0.4, -0.2) is 29.9 Å². The molecule has 2 N–H and O–H groups in total. The van der Waals surface area contributed by atoms with Crippen LogP contribution in [0.3, 0.4) is 0 Å². The third-order valence-corrected chi connectivity index (χ3v) is 5.39. The smallest absolute Gasteiger partial charge is 0.269 e. The van der Waals surface area contributed by atoms with Gasteiger partial charge in [0, 0.05) is 19.3 Å². The predicted octanol–water partition coefficient (Wildman–Crippen LogP) is 6.04. The fourth-order valence-electron chi connectivity index (χ4n) is 3.42. The summed E-state index contributed by atoms with van der Waals surface area (Å²) in [6.07, 6.45) is 18.6. The van der Waals surface area contributed by atoms with E-state index in [9.17, 15) is 9.59 Å². The number of carbonyl (C=O) groups is 2. The van der Waals surface area contributed by atoms with Gasteiger partial charge in [-0.1, -0.05) is 90.9 Å². The van der Waals surface area contributed by atoms with Gasteiger partial charge in [-0.15, -0.1) is 0 Å². The third kappa shape index (κ3) is 12.6. The molecule has 0 saturated carbocycles. The summed E-state index contributed by atoms with van der Waals surface area (Å²) in [6, 6.07) is 3.30. The summed E-state index contributed by atoms with van der Waals surface area (Å²) < 4.78 is 0. The van der Waals surface area contributed by atoms with Crippen LogP contribution in [0.2, 0.25) is 0 Å². The van der Waals surface area contributed by atoms with E-state index in [2.05, 4.69) is 29.5 Å². The summed E-state index contributed by atoms with van der Waals surface area (Å²) >= 11 is 0. The third-order valence-electron chi connectivity index (χ3n) is 5.39. The topological polar surface area (TPSA) is 71.1 Å². The Labute approximate surface area is 183 Å². The molecule has 0 unspecified atom stereocenters. The number of hydrogen-bond donors (Lipinski definition) is 2. The summed E-state index contributed by atoms with van der Waals surface area (Å²) in [4.78, 5) is 28.5. The summed E-state index contributed by atoms with van der Waals surface area (Å²) in [5, 5.41) is 5.85. The second kappa shape index (κ2) is 17.9. The van der Waals surface area contributed by atoms with Crippen molar-refractivity contribution in [3.63, 3.8) is 0 Å². The molecule has 0 atom stereocenters. The van der Waals surface area contributed by atoms with Crippen molar-refractivity contribution in [2.24, 2.45) is 0 Å². The average Bonchev–Trinajstić information content (AvgIpc) is 2.77. The molecule has 0 radical (unpaired) electrons. The normalized spacial score (nSPS) is 10.7. The molecule has 0 aliphatic carbocycles. The first-order chi connectivity index (χ1) is 14.7. The summed E-state index contributed by atoms with van der Waals surface area (Å²) in [7, 11) is 0. The Morgan fingerprint density at radius 1 is 0.667 bits per heavy atom. The molecule has 0 bridgehead atoms. The van der Waals surface area contributed by atoms with Gasteiger partial charge in [-0.05, 0) is 25.0 Å². The molecule has 1 rings (SSSR count). The Kier molecular flexibility index (Phi) is 15.6. The molecule has 2 amide bonds. The number of carbonyl (C=O) groups excluding carboxylic acids is 2. The fourth-order valence-corrected chi connectivity index (χ4v) is 3.42. The van der Waals surface area contributed by atoms with E-state index in [1.54, 1.807) is 12.1 Å². The first kappa shape index (κ1) is 26.1. The van der Waals surface area contributed by atoms with E-state index >= 15 is 0 Å². The van der Waals surface area contributed by atoms with Gasteiger partial charge in [0.05, 0.1) is 5.56 Å². The summed E-state index contributed by atoms with van der Waals surface area (Å²) in [5.74, 6) is -0.292. The number of nitrogens with zero attached hydrogens (tertiary/aromatic N) is 1. The van der Waals surface area contributed by atoms with E-state index in [-0.39, 0.29) is 11.8 Å². The van der Waals surface area contributed by atoms with Gasteiger partial charge in [0.1, 0.15) is 5.69 Å². The van der Waals surface area contributed by atoms with Gasteiger partial charge in [-0.2, -0.15) is 0 Å². The molecule has 0 aliphatic rings. The SMILES string of the molecule is CCCCCCCCCNC(=O)c1ccc(C(=O)NCCCCCCCCC)nc1. The van der Waals surface area contributed by atoms with Crippen LogP contribution >= 0.6 is 0 Å². The molecule has 0 saturated heterocycles. The number of rotatable bonds is 18. The van der Waals surface area contributed by atoms with E-state index in [0.717, 1.165) is 25.7 Å². The maximum atomic E-state index is 12.2. The highest BCUT2D eigenvalue weighted by Gasteiger charge is 2.09. The van der Waals surface area contributed by atoms with Gasteiger partial charge in [-0.3, -0.25) is 14.6 Å². The number of aromatic nitrogens is 1. The molecule has 0 fully saturated rings. The standard InChI is InChI=1S/C25H43N3O2/c1-3-5-7-9-11-13-15-19-26-24(29)22-17-18-23(28-21-22)25(30)27-20-16-14-12-10-8-6-4-2/h17-18,21H,3-16,19-20H2,1-2H3,(H,26,29)(H,27,30). The number of unbranched alkanes of at least 4 members (excludes halogenated alkanes) is 12. The molecule has 1 aromatic heterocycles. The fraction of sp³-hybridized carbons (Fsp3) is 0.720. The molecule has 5 nitrogen and oxygen atoms in total. The number of pyridine rings is 1. The van der Waals surface area contributed by atoms with Crippen molar-refractivity contribution < 1.29 is 9.59 Å². The highest BCUT2D eigenvalue weighted by atomic mass is 16.2. The lowest BCUT2D eigenvalue weighted by Gasteiger charge is -2.07. The molecule has 0 spiro atoms. The van der Waals surface area contributed by atoms with Crippen molar-refractivity contribution in [3.05, 3.63) is 29.6 Å². The van der Waals surface area contributed by atoms with Gasteiger partial charge >= 0.3 is 0 Å². The van der Waals surface area contributed by atoms with Gasteiger partial charge < -0.3 is 10.6 Å². The predicted molar refractivity (Wildman–Crippen MR) is 125 cm³/mol. The first-order valence-electron chi connectivity index (χ1n) is 12.2. The molecule has 170 valence electrons. The Hall–Kier alpha value is -1.91. The van der Waals surface area contributed by atoms with Crippen LogP contribution in [0.5, 0.6) is 0 Å². The lowest BCUT2D eigenvalue weighted by atomic mass is 10.1. The zero-order valence-electron chi connectivity index (χ0n) is 19.3. The van der Waals surface area contributed by atoms with Crippen LogP contribution in [0.15, 0.2) is 18.3 Å². The molecule has 1 aromatic rings. The van der Waals surface area contributed by atoms with Crippen LogP contribution in [0.25, 0.3) is 0 Å². The van der Waals surface area contributed by atoms with Crippen molar-refractivity contribution in [1.82, 2.24) is 15.6 Å². The van der Waals surface area contributed by atoms with Gasteiger partial charge in [-0.25, -0.2) is 0 Å². The van der Waals surface area contributed by atoms with Crippen molar-refractivity contribution in [2.75, 3.05) is 13.1 Å². The number of nitrogens with one attached hydrogen (secondary N) is 2. The van der Waals surface area contributed by atoms with Gasteiger partial charge in [0.2, 0.25) is 0 Å². The monoisotopic (exact) mass is 417 g/mol. The highest BCUT2D eigenvalue weighted by Crippen LogP contribution is 2.08. The molecule has 0 aromatic carbocycles. The van der Waals surface area contributed by atoms with Crippen LogP contribution in [0.1, 0.15) is 125 Å². The van der Waals surface area contributed by atoms with E-state index in [1.807, 2.05) is 0 Å². The van der Waals surface area contributed by atoms with Crippen LogP contribution in [-0.2, 0) is 0 Å². The number of hydrogen-bond acceptors (Lipinski definition) is 3. The minimum absolute atomic E-state index is 0.122. The zero-order valence-corrected chi connectivity index (χ0v) is 19.3. The van der Waals surface area contributed by atoms with E-state index in [4.69, 9.17) is 0 Å². The molecule has 1 heterocycles. The Morgan fingerprint density at radius 2 is 1.13 bits per heavy atom. The van der Waals surface area contributed by atoms with Crippen molar-refractivity contribution >= 4 is 11.8 Å². The van der Waals surface area contributed by atoms with E-state index < -0.39 is 0 Å². The summed E-state index contributed by atoms with van der Waals surface area (Å²) in [5.41, 5.74) is 0.864. The van der Waals surface area contributed by atoms with Gasteiger partial charge in [0.25, 0.3) is 11.8 Å².